The molecular formula is C10H14O3. The molecule has 72 valence electrons. The fourth-order valence-electron chi connectivity index (χ4n) is 1.25. The maximum Gasteiger partial charge on any atom is 0.122 e. The number of aromatic hydroxyl groups is 1. The van der Waals surface area contributed by atoms with Crippen LogP contribution in [0.1, 0.15) is 11.1 Å². The number of rotatable bonds is 3. The maximum atomic E-state index is 9.58. The molecule has 0 saturated carbocycles. The lowest BCUT2D eigenvalue weighted by Gasteiger charge is -2.08. The molecule has 0 fully saturated rings. The van der Waals surface area contributed by atoms with Crippen molar-refractivity contribution in [2.24, 2.45) is 0 Å². The number of aryl methyl sites for hydroxylation is 1. The second-order valence-corrected chi connectivity index (χ2v) is 2.93. The highest BCUT2D eigenvalue weighted by molar-refractivity contribution is 5.45. The maximum absolute atomic E-state index is 9.58. The highest BCUT2D eigenvalue weighted by Crippen LogP contribution is 2.27. The SMILES string of the molecule is COc1cc(C)c(O)c(CCO)c1. The molecule has 0 heterocycles. The highest BCUT2D eigenvalue weighted by atomic mass is 16.5. The van der Waals surface area contributed by atoms with E-state index in [1.165, 1.54) is 0 Å². The number of aliphatic hydroxyl groups is 1. The van der Waals surface area contributed by atoms with Crippen LogP contribution in [0.5, 0.6) is 11.5 Å². The monoisotopic (exact) mass is 182 g/mol. The third kappa shape index (κ3) is 2.12. The van der Waals surface area contributed by atoms with Gasteiger partial charge in [-0.25, -0.2) is 0 Å². The third-order valence-electron chi connectivity index (χ3n) is 1.97. The van der Waals surface area contributed by atoms with Crippen molar-refractivity contribution in [1.82, 2.24) is 0 Å². The van der Waals surface area contributed by atoms with Gasteiger partial charge in [0.25, 0.3) is 0 Å². The average molecular weight is 182 g/mol. The molecule has 0 atom stereocenters. The van der Waals surface area contributed by atoms with Gasteiger partial charge in [0.05, 0.1) is 7.11 Å². The van der Waals surface area contributed by atoms with Crippen molar-refractivity contribution < 1.29 is 14.9 Å². The summed E-state index contributed by atoms with van der Waals surface area (Å²) in [7, 11) is 1.58. The van der Waals surface area contributed by atoms with Crippen LogP contribution in [0, 0.1) is 6.92 Å². The van der Waals surface area contributed by atoms with Gasteiger partial charge >= 0.3 is 0 Å². The number of phenols is 1. The van der Waals surface area contributed by atoms with Crippen LogP contribution in [0.25, 0.3) is 0 Å². The fourth-order valence-corrected chi connectivity index (χ4v) is 1.25. The Hall–Kier alpha value is -1.22. The van der Waals surface area contributed by atoms with Crippen LogP contribution in [-0.4, -0.2) is 23.9 Å². The minimum atomic E-state index is 0.0279. The molecule has 1 rings (SSSR count). The first-order valence-corrected chi connectivity index (χ1v) is 4.16. The van der Waals surface area contributed by atoms with E-state index in [2.05, 4.69) is 0 Å². The molecule has 0 aromatic heterocycles. The molecule has 3 heteroatoms. The summed E-state index contributed by atoms with van der Waals surface area (Å²) < 4.78 is 5.04. The Morgan fingerprint density at radius 2 is 2.08 bits per heavy atom. The number of methoxy groups -OCH3 is 1. The summed E-state index contributed by atoms with van der Waals surface area (Å²) in [6, 6.07) is 3.49. The lowest BCUT2D eigenvalue weighted by atomic mass is 10.1. The average Bonchev–Trinajstić information content (AvgIpc) is 2.13. The van der Waals surface area contributed by atoms with Crippen molar-refractivity contribution in [3.63, 3.8) is 0 Å². The molecular weight excluding hydrogens is 168 g/mol. The Morgan fingerprint density at radius 3 is 2.62 bits per heavy atom. The predicted octanol–water partition coefficient (Wildman–Crippen LogP) is 1.24. The summed E-state index contributed by atoms with van der Waals surface area (Å²) in [4.78, 5) is 0. The van der Waals surface area contributed by atoms with Gasteiger partial charge in [0.1, 0.15) is 11.5 Å². The molecule has 0 radical (unpaired) electrons. The van der Waals surface area contributed by atoms with Gasteiger partial charge in [0.15, 0.2) is 0 Å². The molecule has 1 aromatic rings. The molecule has 0 aliphatic carbocycles. The molecule has 0 amide bonds. The zero-order chi connectivity index (χ0) is 9.84. The van der Waals surface area contributed by atoms with Crippen LogP contribution in [0.4, 0.5) is 0 Å². The summed E-state index contributed by atoms with van der Waals surface area (Å²) >= 11 is 0. The lowest BCUT2D eigenvalue weighted by molar-refractivity contribution is 0.297. The largest absolute Gasteiger partial charge is 0.507 e. The van der Waals surface area contributed by atoms with Gasteiger partial charge in [-0.15, -0.1) is 0 Å². The standard InChI is InChI=1S/C10H14O3/c1-7-5-9(13-2)6-8(3-4-11)10(7)12/h5-6,11-12H,3-4H2,1-2H3. The first-order chi connectivity index (χ1) is 6.19. The Labute approximate surface area is 77.6 Å². The van der Waals surface area contributed by atoms with Gasteiger partial charge in [-0.2, -0.15) is 0 Å². The zero-order valence-electron chi connectivity index (χ0n) is 7.87. The summed E-state index contributed by atoms with van der Waals surface area (Å²) in [5.41, 5.74) is 1.49. The molecule has 0 aliphatic rings. The second kappa shape index (κ2) is 4.14. The minimum absolute atomic E-state index is 0.0279. The van der Waals surface area contributed by atoms with Gasteiger partial charge in [-0.1, -0.05) is 0 Å². The van der Waals surface area contributed by atoms with Crippen molar-refractivity contribution in [3.05, 3.63) is 23.3 Å². The first-order valence-electron chi connectivity index (χ1n) is 4.16. The van der Waals surface area contributed by atoms with E-state index in [-0.39, 0.29) is 12.4 Å². The number of phenolic OH excluding ortho intramolecular Hbond substituents is 1. The number of hydrogen-bond acceptors (Lipinski definition) is 3. The van der Waals surface area contributed by atoms with E-state index >= 15 is 0 Å². The highest BCUT2D eigenvalue weighted by Gasteiger charge is 2.06. The summed E-state index contributed by atoms with van der Waals surface area (Å²) in [6.07, 6.45) is 0.448. The van der Waals surface area contributed by atoms with Gasteiger partial charge < -0.3 is 14.9 Å². The van der Waals surface area contributed by atoms with E-state index in [9.17, 15) is 5.11 Å². The third-order valence-corrected chi connectivity index (χ3v) is 1.97. The molecule has 2 N–H and O–H groups in total. The Kier molecular flexibility index (Phi) is 3.14. The van der Waals surface area contributed by atoms with Gasteiger partial charge in [-0.05, 0) is 31.0 Å². The Morgan fingerprint density at radius 1 is 1.38 bits per heavy atom. The Balaban J connectivity index is 3.09. The van der Waals surface area contributed by atoms with Crippen LogP contribution in [0.3, 0.4) is 0 Å². The van der Waals surface area contributed by atoms with Gasteiger partial charge in [0.2, 0.25) is 0 Å². The lowest BCUT2D eigenvalue weighted by Crippen LogP contribution is -1.94. The van der Waals surface area contributed by atoms with Crippen molar-refractivity contribution in [2.75, 3.05) is 13.7 Å². The first kappa shape index (κ1) is 9.86. The summed E-state index contributed by atoms with van der Waals surface area (Å²) in [5.74, 6) is 0.952. The van der Waals surface area contributed by atoms with Crippen molar-refractivity contribution in [2.45, 2.75) is 13.3 Å². The van der Waals surface area contributed by atoms with Crippen molar-refractivity contribution in [3.8, 4) is 11.5 Å². The molecule has 0 aliphatic heterocycles. The van der Waals surface area contributed by atoms with Crippen LogP contribution >= 0.6 is 0 Å². The van der Waals surface area contributed by atoms with E-state index in [1.54, 1.807) is 26.2 Å². The molecule has 0 unspecified atom stereocenters. The number of aliphatic hydroxyl groups excluding tert-OH is 1. The minimum Gasteiger partial charge on any atom is -0.507 e. The number of ether oxygens (including phenoxy) is 1. The molecule has 0 saturated heterocycles. The van der Waals surface area contributed by atoms with E-state index in [4.69, 9.17) is 9.84 Å². The normalized spacial score (nSPS) is 10.1. The van der Waals surface area contributed by atoms with Gasteiger partial charge in [0, 0.05) is 12.2 Å². The summed E-state index contributed by atoms with van der Waals surface area (Å²) in [5, 5.41) is 18.3. The summed E-state index contributed by atoms with van der Waals surface area (Å²) in [6.45, 7) is 1.83. The van der Waals surface area contributed by atoms with Gasteiger partial charge in [-0.3, -0.25) is 0 Å². The smallest absolute Gasteiger partial charge is 0.122 e. The number of hydrogen-bond donors (Lipinski definition) is 2. The molecule has 0 bridgehead atoms. The van der Waals surface area contributed by atoms with E-state index in [1.807, 2.05) is 0 Å². The topological polar surface area (TPSA) is 49.7 Å². The van der Waals surface area contributed by atoms with Crippen LogP contribution in [-0.2, 0) is 6.42 Å². The van der Waals surface area contributed by atoms with E-state index in [0.29, 0.717) is 12.2 Å². The number of benzene rings is 1. The Bertz CT molecular complexity index is 294. The van der Waals surface area contributed by atoms with E-state index < -0.39 is 0 Å². The molecule has 3 nitrogen and oxygen atoms in total. The van der Waals surface area contributed by atoms with Crippen LogP contribution in [0.2, 0.25) is 0 Å². The molecule has 13 heavy (non-hydrogen) atoms. The zero-order valence-corrected chi connectivity index (χ0v) is 7.87. The predicted molar refractivity (Wildman–Crippen MR) is 50.2 cm³/mol. The van der Waals surface area contributed by atoms with Crippen LogP contribution in [0.15, 0.2) is 12.1 Å². The van der Waals surface area contributed by atoms with Crippen molar-refractivity contribution in [1.29, 1.82) is 0 Å². The second-order valence-electron chi connectivity index (χ2n) is 2.93. The quantitative estimate of drug-likeness (QED) is 0.739. The molecule has 0 spiro atoms. The molecule has 1 aromatic carbocycles. The van der Waals surface area contributed by atoms with Crippen LogP contribution < -0.4 is 4.74 Å². The van der Waals surface area contributed by atoms with Crippen molar-refractivity contribution >= 4 is 0 Å². The van der Waals surface area contributed by atoms with E-state index in [0.717, 1.165) is 11.1 Å². The fraction of sp³-hybridized carbons (Fsp3) is 0.400.